The number of Topliss-reactive ketones (excluding diaryl/α,β-unsaturated/α-hetero) is 1. The van der Waals surface area contributed by atoms with Gasteiger partial charge in [0.2, 0.25) is 11.8 Å². The van der Waals surface area contributed by atoms with Gasteiger partial charge < -0.3 is 21.5 Å². The Morgan fingerprint density at radius 3 is 2.58 bits per heavy atom. The van der Waals surface area contributed by atoms with E-state index < -0.39 is 17.2 Å². The van der Waals surface area contributed by atoms with Crippen molar-refractivity contribution in [1.82, 2.24) is 0 Å². The fourth-order valence-electron chi connectivity index (χ4n) is 4.32. The van der Waals surface area contributed by atoms with Crippen molar-refractivity contribution in [1.29, 1.82) is 0 Å². The number of primary amides is 1. The molecule has 0 saturated heterocycles. The van der Waals surface area contributed by atoms with Crippen LogP contribution in [0.3, 0.4) is 0 Å². The summed E-state index contributed by atoms with van der Waals surface area (Å²) in [5, 5.41) is 2.76. The zero-order valence-electron chi connectivity index (χ0n) is 14.5. The van der Waals surface area contributed by atoms with Crippen molar-refractivity contribution in [3.8, 4) is 0 Å². The third-order valence-electron chi connectivity index (χ3n) is 5.23. The third kappa shape index (κ3) is 1.91. The Morgan fingerprint density at radius 2 is 1.88 bits per heavy atom. The molecule has 1 atom stereocenters. The summed E-state index contributed by atoms with van der Waals surface area (Å²) in [4.78, 5) is 38.6. The monoisotopic (exact) mass is 353 g/mol. The molecule has 0 radical (unpaired) electrons. The number of nitrogens with one attached hydrogen (secondary N) is 1. The topological polar surface area (TPSA) is 125 Å². The first-order valence-electron chi connectivity index (χ1n) is 8.34. The summed E-state index contributed by atoms with van der Waals surface area (Å²) in [6, 6.07) is 6.91. The summed E-state index contributed by atoms with van der Waals surface area (Å²) < 4.78 is 5.66. The lowest BCUT2D eigenvalue weighted by atomic mass is 9.61. The van der Waals surface area contributed by atoms with Gasteiger partial charge in [0.25, 0.3) is 5.91 Å². The van der Waals surface area contributed by atoms with Crippen molar-refractivity contribution < 1.29 is 19.1 Å². The number of benzene rings is 1. The lowest BCUT2D eigenvalue weighted by Crippen LogP contribution is -2.51. The second kappa shape index (κ2) is 4.97. The standard InChI is InChI=1S/C19H19N3O4/c1-18(2)7-11(23)13-12(8-18)26-16(21)14(15(20)24)19(13)9-5-3-4-6-10(9)22-17(19)25/h3-6H,7-8,21H2,1-2H3,(H2,20,24)(H,22,25). The number of ketones is 1. The van der Waals surface area contributed by atoms with Crippen LogP contribution in [0.25, 0.3) is 0 Å². The Balaban J connectivity index is 2.10. The number of ether oxygens (including phenoxy) is 1. The van der Waals surface area contributed by atoms with Crippen LogP contribution in [0.2, 0.25) is 0 Å². The molecule has 1 unspecified atom stereocenters. The van der Waals surface area contributed by atoms with Crippen molar-refractivity contribution in [3.63, 3.8) is 0 Å². The molecule has 1 aliphatic carbocycles. The normalized spacial score (nSPS) is 26.4. The Kier molecular flexibility index (Phi) is 3.13. The number of allylic oxidation sites excluding steroid dienone is 1. The maximum absolute atomic E-state index is 13.2. The average Bonchev–Trinajstić information content (AvgIpc) is 2.78. The van der Waals surface area contributed by atoms with Crippen LogP contribution in [0.1, 0.15) is 32.3 Å². The summed E-state index contributed by atoms with van der Waals surface area (Å²) in [6.07, 6.45) is 0.663. The minimum Gasteiger partial charge on any atom is -0.445 e. The van der Waals surface area contributed by atoms with Gasteiger partial charge in [-0.3, -0.25) is 14.4 Å². The minimum atomic E-state index is -1.66. The molecule has 1 aromatic carbocycles. The Bertz CT molecular complexity index is 957. The zero-order valence-corrected chi connectivity index (χ0v) is 14.5. The molecular weight excluding hydrogens is 334 g/mol. The molecular formula is C19H19N3O4. The van der Waals surface area contributed by atoms with E-state index in [1.807, 2.05) is 13.8 Å². The van der Waals surface area contributed by atoms with Gasteiger partial charge in [0.15, 0.2) is 5.78 Å². The molecule has 2 aliphatic heterocycles. The first-order valence-corrected chi connectivity index (χ1v) is 8.34. The molecule has 26 heavy (non-hydrogen) atoms. The SMILES string of the molecule is CC1(C)CC(=O)C2=C(C1)OC(N)=C(C(N)=O)C21C(=O)Nc2ccccc21. The maximum atomic E-state index is 13.2. The summed E-state index contributed by atoms with van der Waals surface area (Å²) in [5.41, 5.74) is 10.6. The van der Waals surface area contributed by atoms with E-state index in [1.165, 1.54) is 0 Å². The van der Waals surface area contributed by atoms with E-state index in [9.17, 15) is 14.4 Å². The van der Waals surface area contributed by atoms with E-state index in [-0.39, 0.29) is 34.6 Å². The zero-order chi connectivity index (χ0) is 18.9. The van der Waals surface area contributed by atoms with E-state index in [1.54, 1.807) is 24.3 Å². The fraction of sp³-hybridized carbons (Fsp3) is 0.316. The van der Waals surface area contributed by atoms with Gasteiger partial charge in [-0.05, 0) is 11.5 Å². The van der Waals surface area contributed by atoms with Crippen molar-refractivity contribution >= 4 is 23.3 Å². The second-order valence-corrected chi connectivity index (χ2v) is 7.69. The van der Waals surface area contributed by atoms with E-state index >= 15 is 0 Å². The smallest absolute Gasteiger partial charge is 0.251 e. The third-order valence-corrected chi connectivity index (χ3v) is 5.23. The maximum Gasteiger partial charge on any atom is 0.251 e. The van der Waals surface area contributed by atoms with Gasteiger partial charge >= 0.3 is 0 Å². The molecule has 2 amide bonds. The number of rotatable bonds is 1. The second-order valence-electron chi connectivity index (χ2n) is 7.69. The van der Waals surface area contributed by atoms with Crippen LogP contribution >= 0.6 is 0 Å². The number of hydrogen-bond acceptors (Lipinski definition) is 5. The summed E-state index contributed by atoms with van der Waals surface area (Å²) in [6.45, 7) is 3.88. The van der Waals surface area contributed by atoms with E-state index in [4.69, 9.17) is 16.2 Å². The number of nitrogens with two attached hydrogens (primary N) is 2. The highest BCUT2D eigenvalue weighted by molar-refractivity contribution is 6.23. The van der Waals surface area contributed by atoms with Gasteiger partial charge in [-0.15, -0.1) is 0 Å². The molecule has 1 aromatic rings. The molecule has 4 rings (SSSR count). The van der Waals surface area contributed by atoms with Crippen molar-refractivity contribution in [2.24, 2.45) is 16.9 Å². The largest absolute Gasteiger partial charge is 0.445 e. The van der Waals surface area contributed by atoms with Crippen LogP contribution in [0.15, 0.2) is 47.1 Å². The Morgan fingerprint density at radius 1 is 1.19 bits per heavy atom. The molecule has 0 bridgehead atoms. The first-order chi connectivity index (χ1) is 12.2. The summed E-state index contributed by atoms with van der Waals surface area (Å²) >= 11 is 0. The van der Waals surface area contributed by atoms with Gasteiger partial charge in [0.05, 0.1) is 5.57 Å². The number of carbonyl (C=O) groups excluding carboxylic acids is 3. The Hall–Kier alpha value is -3.09. The highest BCUT2D eigenvalue weighted by Gasteiger charge is 2.61. The summed E-state index contributed by atoms with van der Waals surface area (Å²) in [5.74, 6) is -1.54. The molecule has 7 heteroatoms. The van der Waals surface area contributed by atoms with Gasteiger partial charge in [0, 0.05) is 24.1 Å². The predicted molar refractivity (Wildman–Crippen MR) is 93.3 cm³/mol. The lowest BCUT2D eigenvalue weighted by Gasteiger charge is -2.41. The quantitative estimate of drug-likeness (QED) is 0.700. The number of anilines is 1. The molecule has 1 spiro atoms. The van der Waals surface area contributed by atoms with Crippen molar-refractivity contribution in [2.75, 3.05) is 5.32 Å². The van der Waals surface area contributed by atoms with Crippen LogP contribution < -0.4 is 16.8 Å². The van der Waals surface area contributed by atoms with E-state index in [0.29, 0.717) is 23.4 Å². The first kappa shape index (κ1) is 16.4. The van der Waals surface area contributed by atoms with Gasteiger partial charge in [0.1, 0.15) is 16.7 Å². The molecule has 134 valence electrons. The van der Waals surface area contributed by atoms with Gasteiger partial charge in [-0.2, -0.15) is 0 Å². The number of carbonyl (C=O) groups is 3. The van der Waals surface area contributed by atoms with E-state index in [2.05, 4.69) is 5.32 Å². The van der Waals surface area contributed by atoms with Crippen molar-refractivity contribution in [2.45, 2.75) is 32.1 Å². The van der Waals surface area contributed by atoms with Crippen LogP contribution in [-0.2, 0) is 24.5 Å². The molecule has 0 fully saturated rings. The van der Waals surface area contributed by atoms with Crippen molar-refractivity contribution in [3.05, 3.63) is 52.6 Å². The van der Waals surface area contributed by atoms with Crippen LogP contribution in [0, 0.1) is 5.41 Å². The number of amides is 2. The van der Waals surface area contributed by atoms with Crippen LogP contribution in [-0.4, -0.2) is 17.6 Å². The lowest BCUT2D eigenvalue weighted by molar-refractivity contribution is -0.126. The minimum absolute atomic E-state index is 0.169. The molecule has 7 nitrogen and oxygen atoms in total. The summed E-state index contributed by atoms with van der Waals surface area (Å²) in [7, 11) is 0. The van der Waals surface area contributed by atoms with E-state index in [0.717, 1.165) is 0 Å². The molecule has 2 heterocycles. The molecule has 0 saturated carbocycles. The highest BCUT2D eigenvalue weighted by Crippen LogP contribution is 2.55. The van der Waals surface area contributed by atoms with Gasteiger partial charge in [-0.25, -0.2) is 0 Å². The molecule has 3 aliphatic rings. The molecule has 0 aromatic heterocycles. The number of fused-ring (bicyclic) bond motifs is 3. The number of para-hydroxylation sites is 1. The van der Waals surface area contributed by atoms with Crippen LogP contribution in [0.4, 0.5) is 5.69 Å². The van der Waals surface area contributed by atoms with Gasteiger partial charge in [-0.1, -0.05) is 32.0 Å². The number of hydrogen-bond donors (Lipinski definition) is 3. The Labute approximate surface area is 150 Å². The average molecular weight is 353 g/mol. The molecule has 5 N–H and O–H groups in total. The fourth-order valence-corrected chi connectivity index (χ4v) is 4.32. The predicted octanol–water partition coefficient (Wildman–Crippen LogP) is 1.21. The van der Waals surface area contributed by atoms with Crippen LogP contribution in [0.5, 0.6) is 0 Å². The highest BCUT2D eigenvalue weighted by atomic mass is 16.5.